The lowest BCUT2D eigenvalue weighted by Crippen LogP contribution is -2.25. The SMILES string of the molecule is CSCCC(C)NCc1ccc2[nH]ccc2c1. The zero-order chi connectivity index (χ0) is 12.1. The van der Waals surface area contributed by atoms with Crippen molar-refractivity contribution in [2.45, 2.75) is 25.9 Å². The predicted octanol–water partition coefficient (Wildman–Crippen LogP) is 3.40. The van der Waals surface area contributed by atoms with Gasteiger partial charge in [-0.3, -0.25) is 0 Å². The Bertz CT molecular complexity index is 464. The molecular formula is C14H20N2S. The van der Waals surface area contributed by atoms with Gasteiger partial charge in [0.1, 0.15) is 0 Å². The average Bonchev–Trinajstić information content (AvgIpc) is 2.81. The van der Waals surface area contributed by atoms with Gasteiger partial charge in [-0.05, 0) is 54.5 Å². The van der Waals surface area contributed by atoms with E-state index < -0.39 is 0 Å². The van der Waals surface area contributed by atoms with E-state index >= 15 is 0 Å². The Hall–Kier alpha value is -0.930. The highest BCUT2D eigenvalue weighted by atomic mass is 32.2. The standard InChI is InChI=1S/C14H20N2S/c1-11(6-8-17-2)16-10-12-3-4-14-13(9-12)5-7-15-14/h3-5,7,9,11,15-16H,6,8,10H2,1-2H3. The van der Waals surface area contributed by atoms with Gasteiger partial charge in [-0.2, -0.15) is 11.8 Å². The lowest BCUT2D eigenvalue weighted by atomic mass is 10.1. The van der Waals surface area contributed by atoms with E-state index in [4.69, 9.17) is 0 Å². The average molecular weight is 248 g/mol. The number of nitrogens with one attached hydrogen (secondary N) is 2. The van der Waals surface area contributed by atoms with Gasteiger partial charge in [-0.25, -0.2) is 0 Å². The topological polar surface area (TPSA) is 27.8 Å². The first-order valence-electron chi connectivity index (χ1n) is 6.08. The molecule has 2 rings (SSSR count). The van der Waals surface area contributed by atoms with Crippen LogP contribution in [-0.2, 0) is 6.54 Å². The maximum absolute atomic E-state index is 3.57. The van der Waals surface area contributed by atoms with Gasteiger partial charge in [0, 0.05) is 24.3 Å². The van der Waals surface area contributed by atoms with Crippen molar-refractivity contribution in [3.05, 3.63) is 36.0 Å². The molecule has 0 amide bonds. The molecule has 1 heterocycles. The van der Waals surface area contributed by atoms with Crippen LogP contribution in [0.25, 0.3) is 10.9 Å². The van der Waals surface area contributed by atoms with Crippen molar-refractivity contribution in [3.63, 3.8) is 0 Å². The van der Waals surface area contributed by atoms with Gasteiger partial charge < -0.3 is 10.3 Å². The van der Waals surface area contributed by atoms with Crippen LogP contribution in [-0.4, -0.2) is 23.0 Å². The molecular weight excluding hydrogens is 228 g/mol. The third-order valence-corrected chi connectivity index (χ3v) is 3.67. The van der Waals surface area contributed by atoms with Crippen molar-refractivity contribution in [1.29, 1.82) is 0 Å². The fraction of sp³-hybridized carbons (Fsp3) is 0.429. The number of thioether (sulfide) groups is 1. The zero-order valence-electron chi connectivity index (χ0n) is 10.5. The summed E-state index contributed by atoms with van der Waals surface area (Å²) in [5.41, 5.74) is 2.57. The second kappa shape index (κ2) is 6.12. The molecule has 1 aromatic carbocycles. The quantitative estimate of drug-likeness (QED) is 0.820. The molecule has 2 N–H and O–H groups in total. The van der Waals surface area contributed by atoms with E-state index in [1.807, 2.05) is 18.0 Å². The van der Waals surface area contributed by atoms with E-state index in [9.17, 15) is 0 Å². The smallest absolute Gasteiger partial charge is 0.0454 e. The van der Waals surface area contributed by atoms with Crippen LogP contribution in [0.1, 0.15) is 18.9 Å². The van der Waals surface area contributed by atoms with Crippen LogP contribution >= 0.6 is 11.8 Å². The molecule has 0 bridgehead atoms. The fourth-order valence-electron chi connectivity index (χ4n) is 1.90. The van der Waals surface area contributed by atoms with Crippen molar-refractivity contribution in [3.8, 4) is 0 Å². The first-order valence-corrected chi connectivity index (χ1v) is 7.47. The summed E-state index contributed by atoms with van der Waals surface area (Å²) in [4.78, 5) is 3.22. The number of hydrogen-bond donors (Lipinski definition) is 2. The van der Waals surface area contributed by atoms with E-state index in [0.717, 1.165) is 6.54 Å². The highest BCUT2D eigenvalue weighted by Gasteiger charge is 2.02. The molecule has 0 radical (unpaired) electrons. The van der Waals surface area contributed by atoms with E-state index in [0.29, 0.717) is 6.04 Å². The summed E-state index contributed by atoms with van der Waals surface area (Å²) >= 11 is 1.91. The Kier molecular flexibility index (Phi) is 4.51. The number of hydrogen-bond acceptors (Lipinski definition) is 2. The van der Waals surface area contributed by atoms with Crippen molar-refractivity contribution in [2.75, 3.05) is 12.0 Å². The minimum absolute atomic E-state index is 0.587. The molecule has 2 aromatic rings. The van der Waals surface area contributed by atoms with Crippen molar-refractivity contribution in [1.82, 2.24) is 10.3 Å². The lowest BCUT2D eigenvalue weighted by Gasteiger charge is -2.13. The number of fused-ring (bicyclic) bond motifs is 1. The number of H-pyrrole nitrogens is 1. The molecule has 92 valence electrons. The molecule has 1 unspecified atom stereocenters. The van der Waals surface area contributed by atoms with Crippen LogP contribution < -0.4 is 5.32 Å². The van der Waals surface area contributed by atoms with Crippen molar-refractivity contribution < 1.29 is 0 Å². The highest BCUT2D eigenvalue weighted by Crippen LogP contribution is 2.14. The third kappa shape index (κ3) is 3.51. The number of benzene rings is 1. The molecule has 2 nitrogen and oxygen atoms in total. The summed E-state index contributed by atoms with van der Waals surface area (Å²) in [6.45, 7) is 3.21. The number of aromatic amines is 1. The second-order valence-corrected chi connectivity index (χ2v) is 5.45. The molecule has 1 atom stereocenters. The summed E-state index contributed by atoms with van der Waals surface area (Å²) in [5.74, 6) is 1.23. The summed E-state index contributed by atoms with van der Waals surface area (Å²) in [7, 11) is 0. The molecule has 1 aromatic heterocycles. The Balaban J connectivity index is 1.89. The van der Waals surface area contributed by atoms with Gasteiger partial charge in [0.15, 0.2) is 0 Å². The van der Waals surface area contributed by atoms with Crippen molar-refractivity contribution >= 4 is 22.7 Å². The normalized spacial score (nSPS) is 13.1. The maximum atomic E-state index is 3.57. The number of aromatic nitrogens is 1. The van der Waals surface area contributed by atoms with Crippen molar-refractivity contribution in [2.24, 2.45) is 0 Å². The minimum atomic E-state index is 0.587. The largest absolute Gasteiger partial charge is 0.361 e. The molecule has 0 saturated heterocycles. The van der Waals surface area contributed by atoms with E-state index in [1.54, 1.807) is 0 Å². The van der Waals surface area contributed by atoms with Crippen LogP contribution in [0, 0.1) is 0 Å². The van der Waals surface area contributed by atoms with Crippen LogP contribution in [0.5, 0.6) is 0 Å². The summed E-state index contributed by atoms with van der Waals surface area (Å²) in [5, 5.41) is 4.86. The Morgan fingerprint density at radius 3 is 3.06 bits per heavy atom. The maximum Gasteiger partial charge on any atom is 0.0454 e. The van der Waals surface area contributed by atoms with Gasteiger partial charge in [-0.1, -0.05) is 6.07 Å². The van der Waals surface area contributed by atoms with E-state index in [2.05, 4.69) is 47.7 Å². The highest BCUT2D eigenvalue weighted by molar-refractivity contribution is 7.98. The van der Waals surface area contributed by atoms with E-state index in [1.165, 1.54) is 28.6 Å². The molecule has 0 aliphatic carbocycles. The summed E-state index contributed by atoms with van der Waals surface area (Å²) in [6, 6.07) is 9.30. The lowest BCUT2D eigenvalue weighted by molar-refractivity contribution is 0.538. The molecule has 0 spiro atoms. The molecule has 0 saturated carbocycles. The van der Waals surface area contributed by atoms with Gasteiger partial charge in [0.05, 0.1) is 0 Å². The Morgan fingerprint density at radius 1 is 1.35 bits per heavy atom. The van der Waals surface area contributed by atoms with Gasteiger partial charge in [0.25, 0.3) is 0 Å². The van der Waals surface area contributed by atoms with Crippen LogP contribution in [0.3, 0.4) is 0 Å². The van der Waals surface area contributed by atoms with Crippen LogP contribution in [0.4, 0.5) is 0 Å². The second-order valence-electron chi connectivity index (χ2n) is 4.46. The van der Waals surface area contributed by atoms with E-state index in [-0.39, 0.29) is 0 Å². The molecule has 17 heavy (non-hydrogen) atoms. The fourth-order valence-corrected chi connectivity index (χ4v) is 2.49. The Labute approximate surface area is 107 Å². The first kappa shape index (κ1) is 12.5. The van der Waals surface area contributed by atoms with Gasteiger partial charge >= 0.3 is 0 Å². The monoisotopic (exact) mass is 248 g/mol. The molecule has 3 heteroatoms. The minimum Gasteiger partial charge on any atom is -0.361 e. The Morgan fingerprint density at radius 2 is 2.24 bits per heavy atom. The predicted molar refractivity (Wildman–Crippen MR) is 77.6 cm³/mol. The first-order chi connectivity index (χ1) is 8.29. The van der Waals surface area contributed by atoms with Gasteiger partial charge in [0.2, 0.25) is 0 Å². The molecule has 0 aliphatic heterocycles. The third-order valence-electron chi connectivity index (χ3n) is 3.03. The van der Waals surface area contributed by atoms with Crippen LogP contribution in [0.2, 0.25) is 0 Å². The summed E-state index contributed by atoms with van der Waals surface area (Å²) in [6.07, 6.45) is 5.38. The number of rotatable bonds is 6. The molecule has 0 fully saturated rings. The van der Waals surface area contributed by atoms with Crippen LogP contribution in [0.15, 0.2) is 30.5 Å². The summed E-state index contributed by atoms with van der Waals surface area (Å²) < 4.78 is 0. The van der Waals surface area contributed by atoms with Gasteiger partial charge in [-0.15, -0.1) is 0 Å². The molecule has 0 aliphatic rings. The zero-order valence-corrected chi connectivity index (χ0v) is 11.3.